The third-order valence-corrected chi connectivity index (χ3v) is 9.08. The molecule has 1 aliphatic carbocycles. The van der Waals surface area contributed by atoms with Crippen LogP contribution in [0.4, 0.5) is 5.82 Å². The average Bonchev–Trinajstić information content (AvgIpc) is 2.38. The van der Waals surface area contributed by atoms with E-state index in [1.54, 1.807) is 12.4 Å². The molecule has 0 saturated heterocycles. The normalized spacial score (nSPS) is 20.2. The summed E-state index contributed by atoms with van der Waals surface area (Å²) in [7, 11) is -1.73. The van der Waals surface area contributed by atoms with Crippen molar-refractivity contribution in [3.63, 3.8) is 0 Å². The Labute approximate surface area is 129 Å². The molecule has 2 rings (SSSR count). The van der Waals surface area contributed by atoms with Gasteiger partial charge in [0.25, 0.3) is 0 Å². The van der Waals surface area contributed by atoms with Crippen molar-refractivity contribution < 1.29 is 4.43 Å². The predicted octanol–water partition coefficient (Wildman–Crippen LogP) is 4.02. The van der Waals surface area contributed by atoms with Crippen molar-refractivity contribution in [2.24, 2.45) is 0 Å². The van der Waals surface area contributed by atoms with Crippen molar-refractivity contribution in [2.45, 2.75) is 64.3 Å². The molecule has 4 nitrogen and oxygen atoms in total. The van der Waals surface area contributed by atoms with Crippen molar-refractivity contribution in [1.82, 2.24) is 9.97 Å². The lowest BCUT2D eigenvalue weighted by molar-refractivity contribution is 0.209. The van der Waals surface area contributed by atoms with Gasteiger partial charge in [-0.2, -0.15) is 0 Å². The van der Waals surface area contributed by atoms with E-state index in [0.29, 0.717) is 5.82 Å². The van der Waals surface area contributed by atoms with E-state index in [9.17, 15) is 0 Å². The first-order valence-corrected chi connectivity index (χ1v) is 10.6. The first-order valence-electron chi connectivity index (χ1n) is 7.65. The summed E-state index contributed by atoms with van der Waals surface area (Å²) in [5, 5.41) is 0.236. The number of allylic oxidation sites excluding steroid dienone is 1. The summed E-state index contributed by atoms with van der Waals surface area (Å²) in [5.74, 6) is 0.462. The fourth-order valence-corrected chi connectivity index (χ4v) is 3.55. The van der Waals surface area contributed by atoms with E-state index < -0.39 is 8.32 Å². The minimum Gasteiger partial charge on any atom is -0.411 e. The summed E-state index contributed by atoms with van der Waals surface area (Å²) in [5.41, 5.74) is 7.76. The molecule has 0 radical (unpaired) electrons. The molecular weight excluding hydrogens is 278 g/mol. The number of nitrogens with zero attached hydrogens (tertiary/aromatic N) is 2. The maximum absolute atomic E-state index is 6.51. The van der Waals surface area contributed by atoms with Gasteiger partial charge in [0.2, 0.25) is 0 Å². The molecule has 0 bridgehead atoms. The summed E-state index contributed by atoms with van der Waals surface area (Å²) in [4.78, 5) is 8.52. The van der Waals surface area contributed by atoms with Crippen LogP contribution in [0.1, 0.15) is 45.7 Å². The van der Waals surface area contributed by atoms with Gasteiger partial charge in [-0.3, -0.25) is 4.98 Å². The third-order valence-electron chi connectivity index (χ3n) is 4.57. The van der Waals surface area contributed by atoms with E-state index >= 15 is 0 Å². The van der Waals surface area contributed by atoms with Crippen molar-refractivity contribution in [3.05, 3.63) is 24.2 Å². The van der Waals surface area contributed by atoms with Crippen LogP contribution < -0.4 is 5.73 Å². The van der Waals surface area contributed by atoms with Crippen LogP contribution in [-0.2, 0) is 4.43 Å². The number of hydrogen-bond donors (Lipinski definition) is 1. The molecule has 0 fully saturated rings. The molecule has 0 spiro atoms. The molecule has 0 aromatic carbocycles. The SMILES string of the molecule is CC(C)(C)[Si](C)(C)OC1C=C(c2cnc(N)cn2)CCC1. The predicted molar refractivity (Wildman–Crippen MR) is 90.3 cm³/mol. The Morgan fingerprint density at radius 2 is 1.95 bits per heavy atom. The van der Waals surface area contributed by atoms with Gasteiger partial charge < -0.3 is 10.2 Å². The standard InChI is InChI=1S/C16H27N3OSi/c1-16(2,3)21(4,5)20-13-8-6-7-12(9-13)14-10-19-15(17)11-18-14/h9-11,13H,6-8H2,1-5H3,(H2,17,19). The maximum Gasteiger partial charge on any atom is 0.192 e. The van der Waals surface area contributed by atoms with Crippen LogP contribution in [0.3, 0.4) is 0 Å². The fourth-order valence-electron chi connectivity index (χ4n) is 2.25. The van der Waals surface area contributed by atoms with Gasteiger partial charge in [0.15, 0.2) is 8.32 Å². The van der Waals surface area contributed by atoms with Gasteiger partial charge in [0, 0.05) is 0 Å². The minimum atomic E-state index is -1.73. The zero-order valence-corrected chi connectivity index (χ0v) is 14.8. The molecule has 1 atom stereocenters. The van der Waals surface area contributed by atoms with Crippen LogP contribution in [0.15, 0.2) is 18.5 Å². The number of nitrogen functional groups attached to an aromatic ring is 1. The number of rotatable bonds is 3. The van der Waals surface area contributed by atoms with Crippen molar-refractivity contribution in [1.29, 1.82) is 0 Å². The highest BCUT2D eigenvalue weighted by atomic mass is 28.4. The molecule has 116 valence electrons. The number of anilines is 1. The Balaban J connectivity index is 2.16. The van der Waals surface area contributed by atoms with Crippen LogP contribution >= 0.6 is 0 Å². The summed E-state index contributed by atoms with van der Waals surface area (Å²) >= 11 is 0. The molecule has 2 N–H and O–H groups in total. The van der Waals surface area contributed by atoms with Crippen molar-refractivity contribution >= 4 is 19.7 Å². The third kappa shape index (κ3) is 3.92. The first kappa shape index (κ1) is 16.2. The maximum atomic E-state index is 6.51. The van der Waals surface area contributed by atoms with Crippen molar-refractivity contribution in [2.75, 3.05) is 5.73 Å². The Kier molecular flexibility index (Phi) is 4.53. The second kappa shape index (κ2) is 5.89. The molecular formula is C16H27N3OSi. The number of aromatic nitrogens is 2. The molecule has 5 heteroatoms. The quantitative estimate of drug-likeness (QED) is 0.857. The highest BCUT2D eigenvalue weighted by Gasteiger charge is 2.39. The lowest BCUT2D eigenvalue weighted by Crippen LogP contribution is -2.43. The van der Waals surface area contributed by atoms with Gasteiger partial charge in [-0.15, -0.1) is 0 Å². The zero-order valence-electron chi connectivity index (χ0n) is 13.8. The second-order valence-electron chi connectivity index (χ2n) is 7.33. The van der Waals surface area contributed by atoms with E-state index in [4.69, 9.17) is 10.2 Å². The Hall–Kier alpha value is -1.20. The van der Waals surface area contributed by atoms with Gasteiger partial charge in [-0.1, -0.05) is 26.8 Å². The van der Waals surface area contributed by atoms with Crippen LogP contribution in [0.25, 0.3) is 5.57 Å². The monoisotopic (exact) mass is 305 g/mol. The van der Waals surface area contributed by atoms with Gasteiger partial charge in [-0.05, 0) is 43.0 Å². The molecule has 1 aromatic heterocycles. The van der Waals surface area contributed by atoms with E-state index in [1.165, 1.54) is 5.57 Å². The van der Waals surface area contributed by atoms with Gasteiger partial charge in [0.1, 0.15) is 5.82 Å². The molecule has 0 aliphatic heterocycles. The van der Waals surface area contributed by atoms with Crippen LogP contribution in [0.5, 0.6) is 0 Å². The molecule has 1 aromatic rings. The Morgan fingerprint density at radius 3 is 2.52 bits per heavy atom. The first-order chi connectivity index (χ1) is 9.69. The number of nitrogens with two attached hydrogens (primary N) is 1. The van der Waals surface area contributed by atoms with E-state index in [0.717, 1.165) is 25.0 Å². The Bertz CT molecular complexity index is 517. The lowest BCUT2D eigenvalue weighted by atomic mass is 9.95. The molecule has 0 saturated carbocycles. The summed E-state index contributed by atoms with van der Waals surface area (Å²) in [6.45, 7) is 11.4. The molecule has 0 amide bonds. The summed E-state index contributed by atoms with van der Waals surface area (Å²) < 4.78 is 6.51. The van der Waals surface area contributed by atoms with E-state index in [1.807, 2.05) is 0 Å². The second-order valence-corrected chi connectivity index (χ2v) is 12.1. The fraction of sp³-hybridized carbons (Fsp3) is 0.625. The van der Waals surface area contributed by atoms with Crippen LogP contribution in [-0.4, -0.2) is 24.4 Å². The van der Waals surface area contributed by atoms with Crippen molar-refractivity contribution in [3.8, 4) is 0 Å². The average molecular weight is 305 g/mol. The number of hydrogen-bond acceptors (Lipinski definition) is 4. The Morgan fingerprint density at radius 1 is 1.24 bits per heavy atom. The van der Waals surface area contributed by atoms with E-state index in [-0.39, 0.29) is 11.1 Å². The summed E-state index contributed by atoms with van der Waals surface area (Å²) in [6.07, 6.45) is 9.09. The van der Waals surface area contributed by atoms with Crippen LogP contribution in [0, 0.1) is 0 Å². The lowest BCUT2D eigenvalue weighted by Gasteiger charge is -2.39. The largest absolute Gasteiger partial charge is 0.411 e. The van der Waals surface area contributed by atoms with Crippen LogP contribution in [0.2, 0.25) is 18.1 Å². The molecule has 1 aliphatic rings. The molecule has 1 heterocycles. The zero-order chi connectivity index (χ0) is 15.7. The topological polar surface area (TPSA) is 61.0 Å². The smallest absolute Gasteiger partial charge is 0.192 e. The van der Waals surface area contributed by atoms with Gasteiger partial charge >= 0.3 is 0 Å². The molecule has 1 unspecified atom stereocenters. The van der Waals surface area contributed by atoms with Gasteiger partial charge in [0.05, 0.1) is 24.2 Å². The highest BCUT2D eigenvalue weighted by Crippen LogP contribution is 2.39. The van der Waals surface area contributed by atoms with E-state index in [2.05, 4.69) is 49.9 Å². The minimum absolute atomic E-state index is 0.203. The van der Waals surface area contributed by atoms with Gasteiger partial charge in [-0.25, -0.2) is 4.98 Å². The molecule has 21 heavy (non-hydrogen) atoms. The summed E-state index contributed by atoms with van der Waals surface area (Å²) in [6, 6.07) is 0. The highest BCUT2D eigenvalue weighted by molar-refractivity contribution is 6.74.